The average Bonchev–Trinajstić information content (AvgIpc) is 3.12. The van der Waals surface area contributed by atoms with Crippen LogP contribution in [0.5, 0.6) is 0 Å². The van der Waals surface area contributed by atoms with E-state index in [-0.39, 0.29) is 18.0 Å². The summed E-state index contributed by atoms with van der Waals surface area (Å²) in [6.45, 7) is 2.05. The van der Waals surface area contributed by atoms with Gasteiger partial charge in [0.05, 0.1) is 24.2 Å². The zero-order chi connectivity index (χ0) is 13.2. The van der Waals surface area contributed by atoms with E-state index in [1.165, 1.54) is 0 Å². The van der Waals surface area contributed by atoms with Crippen LogP contribution in [0.15, 0.2) is 50.8 Å². The molecule has 2 aromatic rings. The van der Waals surface area contributed by atoms with Gasteiger partial charge in [0.2, 0.25) is 0 Å². The monoisotopic (exact) mass is 261 g/mol. The van der Waals surface area contributed by atoms with E-state index in [9.17, 15) is 5.21 Å². The van der Waals surface area contributed by atoms with Crippen LogP contribution in [0.4, 0.5) is 0 Å². The van der Waals surface area contributed by atoms with E-state index in [1.807, 2.05) is 24.3 Å². The van der Waals surface area contributed by atoms with Crippen molar-refractivity contribution in [2.24, 2.45) is 11.1 Å². The van der Waals surface area contributed by atoms with Gasteiger partial charge in [-0.2, -0.15) is 0 Å². The Morgan fingerprint density at radius 2 is 1.89 bits per heavy atom. The molecule has 100 valence electrons. The zero-order valence-corrected chi connectivity index (χ0v) is 10.7. The zero-order valence-electron chi connectivity index (χ0n) is 10.7. The molecule has 0 bridgehead atoms. The number of piperidine rings is 1. The van der Waals surface area contributed by atoms with Gasteiger partial charge >= 0.3 is 0 Å². The molecular formula is C14H17N2O3+. The number of hydrogen-bond donors (Lipinski definition) is 2. The number of nitrogens with zero attached hydrogens (tertiary/aromatic N) is 1. The van der Waals surface area contributed by atoms with E-state index in [0.29, 0.717) is 6.42 Å². The second-order valence-electron chi connectivity index (χ2n) is 4.94. The summed E-state index contributed by atoms with van der Waals surface area (Å²) in [5.74, 6) is 1.91. The lowest BCUT2D eigenvalue weighted by Gasteiger charge is -2.30. The molecule has 19 heavy (non-hydrogen) atoms. The number of oxime groups is 1. The number of hydrogen-bond acceptors (Lipinski definition) is 4. The summed E-state index contributed by atoms with van der Waals surface area (Å²) in [7, 11) is 0. The summed E-state index contributed by atoms with van der Waals surface area (Å²) in [6, 6.07) is 7.88. The molecule has 0 saturated carbocycles. The SMILES string of the molecule is C[C@@H]1/C(=N/O)C[C@@H](c2ccco2)[NH2+][C@@H]1c1ccco1. The smallest absolute Gasteiger partial charge is 0.161 e. The highest BCUT2D eigenvalue weighted by Gasteiger charge is 2.40. The average molecular weight is 261 g/mol. The fraction of sp³-hybridized carbons (Fsp3) is 0.357. The fourth-order valence-electron chi connectivity index (χ4n) is 2.76. The molecule has 5 nitrogen and oxygen atoms in total. The molecule has 3 rings (SSSR count). The van der Waals surface area contributed by atoms with Gasteiger partial charge in [-0.3, -0.25) is 0 Å². The van der Waals surface area contributed by atoms with Crippen LogP contribution in [0.2, 0.25) is 0 Å². The highest BCUT2D eigenvalue weighted by molar-refractivity contribution is 5.87. The molecule has 0 aliphatic carbocycles. The van der Waals surface area contributed by atoms with Crippen molar-refractivity contribution >= 4 is 5.71 Å². The van der Waals surface area contributed by atoms with Crippen LogP contribution in [0.1, 0.15) is 36.9 Å². The van der Waals surface area contributed by atoms with Crippen molar-refractivity contribution in [3.8, 4) is 0 Å². The van der Waals surface area contributed by atoms with Crippen LogP contribution in [0.3, 0.4) is 0 Å². The van der Waals surface area contributed by atoms with Crippen molar-refractivity contribution in [1.29, 1.82) is 0 Å². The lowest BCUT2D eigenvalue weighted by molar-refractivity contribution is -0.745. The molecule has 1 aliphatic rings. The van der Waals surface area contributed by atoms with Gasteiger partial charge in [-0.1, -0.05) is 12.1 Å². The predicted molar refractivity (Wildman–Crippen MR) is 67.8 cm³/mol. The molecule has 3 atom stereocenters. The number of nitrogens with two attached hydrogens (primary N) is 1. The number of rotatable bonds is 2. The van der Waals surface area contributed by atoms with E-state index in [4.69, 9.17) is 8.83 Å². The Morgan fingerprint density at radius 1 is 1.21 bits per heavy atom. The fourth-order valence-corrected chi connectivity index (χ4v) is 2.76. The van der Waals surface area contributed by atoms with Gasteiger partial charge in [0.25, 0.3) is 0 Å². The maximum Gasteiger partial charge on any atom is 0.161 e. The minimum absolute atomic E-state index is 0.102. The van der Waals surface area contributed by atoms with E-state index < -0.39 is 0 Å². The Balaban J connectivity index is 1.91. The molecule has 3 N–H and O–H groups in total. The van der Waals surface area contributed by atoms with Gasteiger partial charge in [0.1, 0.15) is 0 Å². The van der Waals surface area contributed by atoms with Crippen molar-refractivity contribution < 1.29 is 19.4 Å². The van der Waals surface area contributed by atoms with Gasteiger partial charge in [0.15, 0.2) is 23.6 Å². The molecule has 0 spiro atoms. The van der Waals surface area contributed by atoms with Crippen molar-refractivity contribution in [3.05, 3.63) is 48.3 Å². The maximum absolute atomic E-state index is 9.20. The summed E-state index contributed by atoms with van der Waals surface area (Å²) in [6.07, 6.45) is 4.02. The Morgan fingerprint density at radius 3 is 2.47 bits per heavy atom. The minimum atomic E-state index is 0.102. The second-order valence-corrected chi connectivity index (χ2v) is 4.94. The number of quaternary nitrogens is 1. The van der Waals surface area contributed by atoms with Gasteiger partial charge in [0, 0.05) is 6.42 Å². The van der Waals surface area contributed by atoms with Crippen LogP contribution in [0.25, 0.3) is 0 Å². The first-order valence-electron chi connectivity index (χ1n) is 6.42. The van der Waals surface area contributed by atoms with Gasteiger partial charge in [-0.15, -0.1) is 0 Å². The van der Waals surface area contributed by atoms with E-state index in [1.54, 1.807) is 12.5 Å². The van der Waals surface area contributed by atoms with Crippen LogP contribution < -0.4 is 5.32 Å². The van der Waals surface area contributed by atoms with Gasteiger partial charge in [-0.25, -0.2) is 0 Å². The van der Waals surface area contributed by atoms with Crippen LogP contribution in [-0.4, -0.2) is 10.9 Å². The highest BCUT2D eigenvalue weighted by Crippen LogP contribution is 2.29. The minimum Gasteiger partial charge on any atom is -0.463 e. The third-order valence-electron chi connectivity index (χ3n) is 3.84. The lowest BCUT2D eigenvalue weighted by Crippen LogP contribution is -2.89. The predicted octanol–water partition coefficient (Wildman–Crippen LogP) is 2.09. The lowest BCUT2D eigenvalue weighted by atomic mass is 9.85. The summed E-state index contributed by atoms with van der Waals surface area (Å²) in [4.78, 5) is 0. The van der Waals surface area contributed by atoms with Gasteiger partial charge < -0.3 is 19.4 Å². The molecular weight excluding hydrogens is 244 g/mol. The highest BCUT2D eigenvalue weighted by atomic mass is 16.4. The molecule has 1 saturated heterocycles. The topological polar surface area (TPSA) is 75.5 Å². The Kier molecular flexibility index (Phi) is 3.13. The van der Waals surface area contributed by atoms with Crippen LogP contribution in [-0.2, 0) is 0 Å². The molecule has 2 aromatic heterocycles. The number of furan rings is 2. The molecule has 1 fully saturated rings. The Hall–Kier alpha value is -2.01. The summed E-state index contributed by atoms with van der Waals surface area (Å²) >= 11 is 0. The first-order chi connectivity index (χ1) is 9.29. The first-order valence-corrected chi connectivity index (χ1v) is 6.42. The van der Waals surface area contributed by atoms with Gasteiger partial charge in [-0.05, 0) is 24.3 Å². The van der Waals surface area contributed by atoms with Crippen molar-refractivity contribution in [2.75, 3.05) is 0 Å². The van der Waals surface area contributed by atoms with E-state index in [2.05, 4.69) is 17.4 Å². The van der Waals surface area contributed by atoms with E-state index >= 15 is 0 Å². The van der Waals surface area contributed by atoms with E-state index in [0.717, 1.165) is 17.2 Å². The largest absolute Gasteiger partial charge is 0.463 e. The van der Waals surface area contributed by atoms with Crippen molar-refractivity contribution in [2.45, 2.75) is 25.4 Å². The third-order valence-corrected chi connectivity index (χ3v) is 3.84. The molecule has 0 amide bonds. The summed E-state index contributed by atoms with van der Waals surface area (Å²) in [5.41, 5.74) is 0.783. The van der Waals surface area contributed by atoms with Crippen molar-refractivity contribution in [3.63, 3.8) is 0 Å². The summed E-state index contributed by atoms with van der Waals surface area (Å²) < 4.78 is 11.0. The molecule has 1 aliphatic heterocycles. The first kappa shape index (κ1) is 12.0. The summed E-state index contributed by atoms with van der Waals surface area (Å²) in [5, 5.41) is 14.9. The molecule has 0 unspecified atom stereocenters. The standard InChI is InChI=1S/C14H16N2O3/c1-9-10(16-17)8-11(12-4-2-6-18-12)15-14(9)13-5-3-7-19-13/h2-7,9,11,14-15,17H,8H2,1H3/p+1/b16-10+/t9-,11+,14+/m1/s1. The molecule has 0 radical (unpaired) electrons. The Bertz CT molecular complexity index is 545. The quantitative estimate of drug-likeness (QED) is 0.642. The van der Waals surface area contributed by atoms with Crippen LogP contribution in [0, 0.1) is 5.92 Å². The van der Waals surface area contributed by atoms with Crippen molar-refractivity contribution in [1.82, 2.24) is 0 Å². The maximum atomic E-state index is 9.20. The second kappa shape index (κ2) is 4.93. The van der Waals surface area contributed by atoms with Crippen LogP contribution >= 0.6 is 0 Å². The molecule has 0 aromatic carbocycles. The Labute approximate surface area is 110 Å². The molecule has 5 heteroatoms. The third kappa shape index (κ3) is 2.17. The normalized spacial score (nSPS) is 29.7. The molecule has 3 heterocycles.